The SMILES string of the molecule is CC(C)(C)NC(=S)Nc1ccc(SC(F)F)cc1. The summed E-state index contributed by atoms with van der Waals surface area (Å²) < 4.78 is 24.3. The van der Waals surface area contributed by atoms with Gasteiger partial charge in [0.15, 0.2) is 5.11 Å². The lowest BCUT2D eigenvalue weighted by Gasteiger charge is -2.23. The van der Waals surface area contributed by atoms with Gasteiger partial charge in [-0.05, 0) is 57.3 Å². The van der Waals surface area contributed by atoms with E-state index in [9.17, 15) is 8.78 Å². The van der Waals surface area contributed by atoms with Gasteiger partial charge in [0.05, 0.1) is 0 Å². The number of nitrogens with one attached hydrogen (secondary N) is 2. The van der Waals surface area contributed by atoms with Crippen molar-refractivity contribution in [3.05, 3.63) is 24.3 Å². The van der Waals surface area contributed by atoms with E-state index >= 15 is 0 Å². The van der Waals surface area contributed by atoms with Crippen molar-refractivity contribution in [3.63, 3.8) is 0 Å². The van der Waals surface area contributed by atoms with Gasteiger partial charge in [0, 0.05) is 16.1 Å². The Kier molecular flexibility index (Phi) is 5.34. The predicted octanol–water partition coefficient (Wildman–Crippen LogP) is 4.09. The molecule has 0 aliphatic carbocycles. The first-order valence-electron chi connectivity index (χ1n) is 5.40. The van der Waals surface area contributed by atoms with Crippen molar-refractivity contribution in [2.24, 2.45) is 0 Å². The summed E-state index contributed by atoms with van der Waals surface area (Å²) in [6.07, 6.45) is 0. The molecule has 100 valence electrons. The van der Waals surface area contributed by atoms with Crippen molar-refractivity contribution in [1.82, 2.24) is 5.32 Å². The Morgan fingerprint density at radius 2 is 1.78 bits per heavy atom. The van der Waals surface area contributed by atoms with Gasteiger partial charge in [-0.2, -0.15) is 8.78 Å². The lowest BCUT2D eigenvalue weighted by atomic mass is 10.1. The molecule has 0 spiro atoms. The monoisotopic (exact) mass is 290 g/mol. The normalized spacial score (nSPS) is 11.4. The highest BCUT2D eigenvalue weighted by molar-refractivity contribution is 7.99. The minimum Gasteiger partial charge on any atom is -0.358 e. The van der Waals surface area contributed by atoms with Gasteiger partial charge in [-0.15, -0.1) is 0 Å². The highest BCUT2D eigenvalue weighted by atomic mass is 32.2. The number of thiocarbonyl (C=S) groups is 1. The minimum atomic E-state index is -2.40. The van der Waals surface area contributed by atoms with Crippen LogP contribution in [0, 0.1) is 0 Å². The third-order valence-corrected chi connectivity index (χ3v) is 2.75. The van der Waals surface area contributed by atoms with Gasteiger partial charge in [0.25, 0.3) is 5.76 Å². The molecule has 0 aliphatic heterocycles. The summed E-state index contributed by atoms with van der Waals surface area (Å²) in [7, 11) is 0. The molecular formula is C12H16F2N2S2. The minimum absolute atomic E-state index is 0.116. The summed E-state index contributed by atoms with van der Waals surface area (Å²) in [6.45, 7) is 6.01. The summed E-state index contributed by atoms with van der Waals surface area (Å²) in [4.78, 5) is 0.533. The van der Waals surface area contributed by atoms with Crippen molar-refractivity contribution < 1.29 is 8.78 Å². The molecule has 1 aromatic carbocycles. The Bertz CT molecular complexity index is 400. The maximum atomic E-state index is 12.1. The van der Waals surface area contributed by atoms with Gasteiger partial charge in [-0.25, -0.2) is 0 Å². The molecule has 0 atom stereocenters. The number of halogens is 2. The van der Waals surface area contributed by atoms with Crippen molar-refractivity contribution in [2.45, 2.75) is 37.0 Å². The summed E-state index contributed by atoms with van der Waals surface area (Å²) in [5, 5.41) is 6.62. The molecule has 6 heteroatoms. The first-order chi connectivity index (χ1) is 8.26. The van der Waals surface area contributed by atoms with Gasteiger partial charge in [-0.1, -0.05) is 11.8 Å². The largest absolute Gasteiger partial charge is 0.358 e. The highest BCUT2D eigenvalue weighted by Gasteiger charge is 2.11. The average Bonchev–Trinajstić information content (AvgIpc) is 2.17. The molecule has 0 saturated carbocycles. The molecule has 0 heterocycles. The van der Waals surface area contributed by atoms with E-state index in [1.54, 1.807) is 24.3 Å². The van der Waals surface area contributed by atoms with Crippen molar-refractivity contribution in [2.75, 3.05) is 5.32 Å². The molecule has 1 aromatic rings. The number of hydrogen-bond acceptors (Lipinski definition) is 2. The highest BCUT2D eigenvalue weighted by Crippen LogP contribution is 2.26. The van der Waals surface area contributed by atoms with Crippen LogP contribution in [0.5, 0.6) is 0 Å². The fourth-order valence-electron chi connectivity index (χ4n) is 1.22. The van der Waals surface area contributed by atoms with E-state index in [4.69, 9.17) is 12.2 Å². The first-order valence-corrected chi connectivity index (χ1v) is 6.69. The molecule has 2 nitrogen and oxygen atoms in total. The molecule has 0 radical (unpaired) electrons. The lowest BCUT2D eigenvalue weighted by molar-refractivity contribution is 0.252. The van der Waals surface area contributed by atoms with E-state index in [-0.39, 0.29) is 5.54 Å². The van der Waals surface area contributed by atoms with Crippen LogP contribution in [0.15, 0.2) is 29.2 Å². The Balaban J connectivity index is 2.56. The van der Waals surface area contributed by atoms with Crippen molar-refractivity contribution in [3.8, 4) is 0 Å². The Morgan fingerprint density at radius 3 is 2.22 bits per heavy atom. The molecule has 1 rings (SSSR count). The molecule has 2 N–H and O–H groups in total. The van der Waals surface area contributed by atoms with E-state index in [0.29, 0.717) is 21.8 Å². The second kappa shape index (κ2) is 6.33. The zero-order valence-electron chi connectivity index (χ0n) is 10.5. The van der Waals surface area contributed by atoms with Gasteiger partial charge in [-0.3, -0.25) is 0 Å². The predicted molar refractivity (Wildman–Crippen MR) is 77.4 cm³/mol. The second-order valence-electron chi connectivity index (χ2n) is 4.73. The van der Waals surface area contributed by atoms with Crippen LogP contribution >= 0.6 is 24.0 Å². The van der Waals surface area contributed by atoms with E-state index in [2.05, 4.69) is 10.6 Å². The smallest absolute Gasteiger partial charge is 0.288 e. The molecular weight excluding hydrogens is 274 g/mol. The number of alkyl halides is 2. The zero-order chi connectivity index (χ0) is 13.8. The van der Waals surface area contributed by atoms with Crippen LogP contribution in [0.3, 0.4) is 0 Å². The molecule has 0 aliphatic rings. The summed E-state index contributed by atoms with van der Waals surface area (Å²) >= 11 is 5.67. The van der Waals surface area contributed by atoms with Gasteiger partial charge in [0.1, 0.15) is 0 Å². The van der Waals surface area contributed by atoms with E-state index < -0.39 is 5.76 Å². The molecule has 0 unspecified atom stereocenters. The summed E-state index contributed by atoms with van der Waals surface area (Å²) in [5.74, 6) is -2.40. The number of benzene rings is 1. The van der Waals surface area contributed by atoms with Crippen LogP contribution in [0.1, 0.15) is 20.8 Å². The Hall–Kier alpha value is -0.880. The second-order valence-corrected chi connectivity index (χ2v) is 6.20. The van der Waals surface area contributed by atoms with Crippen molar-refractivity contribution >= 4 is 34.8 Å². The van der Waals surface area contributed by atoms with E-state index in [1.165, 1.54) is 0 Å². The zero-order valence-corrected chi connectivity index (χ0v) is 12.1. The third-order valence-electron chi connectivity index (χ3n) is 1.83. The van der Waals surface area contributed by atoms with Gasteiger partial charge >= 0.3 is 0 Å². The molecule has 18 heavy (non-hydrogen) atoms. The van der Waals surface area contributed by atoms with Crippen LogP contribution in [-0.4, -0.2) is 16.4 Å². The molecule has 0 saturated heterocycles. The summed E-state index contributed by atoms with van der Waals surface area (Å²) in [5.41, 5.74) is 0.658. The van der Waals surface area contributed by atoms with Gasteiger partial charge < -0.3 is 10.6 Å². The molecule has 0 aromatic heterocycles. The van der Waals surface area contributed by atoms with E-state index in [1.807, 2.05) is 20.8 Å². The number of rotatable bonds is 3. The summed E-state index contributed by atoms with van der Waals surface area (Å²) in [6, 6.07) is 6.72. The van der Waals surface area contributed by atoms with Crippen LogP contribution in [0.4, 0.5) is 14.5 Å². The fourth-order valence-corrected chi connectivity index (χ4v) is 2.15. The molecule has 0 amide bonds. The maximum Gasteiger partial charge on any atom is 0.288 e. The van der Waals surface area contributed by atoms with Crippen molar-refractivity contribution in [1.29, 1.82) is 0 Å². The first kappa shape index (κ1) is 15.2. The van der Waals surface area contributed by atoms with Gasteiger partial charge in [0.2, 0.25) is 0 Å². The lowest BCUT2D eigenvalue weighted by Crippen LogP contribution is -2.42. The quantitative estimate of drug-likeness (QED) is 0.647. The van der Waals surface area contributed by atoms with Crippen LogP contribution in [-0.2, 0) is 0 Å². The maximum absolute atomic E-state index is 12.1. The topological polar surface area (TPSA) is 24.1 Å². The van der Waals surface area contributed by atoms with Crippen LogP contribution < -0.4 is 10.6 Å². The van der Waals surface area contributed by atoms with Crippen LogP contribution in [0.25, 0.3) is 0 Å². The Morgan fingerprint density at radius 1 is 1.22 bits per heavy atom. The average molecular weight is 290 g/mol. The Labute approximate surface area is 116 Å². The number of anilines is 1. The standard InChI is InChI=1S/C12H16F2N2S2/c1-12(2,3)16-11(17)15-8-4-6-9(7-5-8)18-10(13)14/h4-7,10H,1-3H3,(H2,15,16,17). The molecule has 0 fully saturated rings. The third kappa shape index (κ3) is 6.16. The van der Waals surface area contributed by atoms with E-state index in [0.717, 1.165) is 5.69 Å². The molecule has 0 bridgehead atoms. The van der Waals surface area contributed by atoms with Crippen LogP contribution in [0.2, 0.25) is 0 Å². The number of hydrogen-bond donors (Lipinski definition) is 2. The fraction of sp³-hybridized carbons (Fsp3) is 0.417. The number of thioether (sulfide) groups is 1.